The van der Waals surface area contributed by atoms with Crippen LogP contribution in [-0.2, 0) is 6.42 Å². The van der Waals surface area contributed by atoms with E-state index in [0.29, 0.717) is 0 Å². The van der Waals surface area contributed by atoms with E-state index >= 15 is 0 Å². The summed E-state index contributed by atoms with van der Waals surface area (Å²) in [6.45, 7) is 2.13. The van der Waals surface area contributed by atoms with Crippen LogP contribution in [0.2, 0.25) is 0 Å². The van der Waals surface area contributed by atoms with Gasteiger partial charge in [-0.1, -0.05) is 60.7 Å². The molecule has 0 nitrogen and oxygen atoms in total. The first-order valence-corrected chi connectivity index (χ1v) is 8.53. The minimum absolute atomic E-state index is 0.0120. The molecule has 0 aliphatic carbocycles. The number of fused-ring (bicyclic) bond motifs is 1. The lowest BCUT2D eigenvalue weighted by atomic mass is 10.00. The summed E-state index contributed by atoms with van der Waals surface area (Å²) >= 11 is 9.06. The molecule has 2 heteroatoms. The van der Waals surface area contributed by atoms with Crippen LogP contribution in [-0.4, -0.2) is 0 Å². The van der Waals surface area contributed by atoms with Crippen molar-refractivity contribution in [2.24, 2.45) is 0 Å². The second-order valence-corrected chi connectivity index (χ2v) is 6.94. The van der Waals surface area contributed by atoms with Crippen molar-refractivity contribution in [3.63, 3.8) is 0 Å². The van der Waals surface area contributed by atoms with Crippen LogP contribution in [0.3, 0.4) is 0 Å². The maximum Gasteiger partial charge on any atom is 0.0636 e. The smallest absolute Gasteiger partial charge is 0.0636 e. The van der Waals surface area contributed by atoms with Crippen LogP contribution in [0.25, 0.3) is 10.8 Å². The van der Waals surface area contributed by atoms with Gasteiger partial charge in [0.15, 0.2) is 0 Å². The first kappa shape index (κ1) is 14.9. The molecule has 21 heavy (non-hydrogen) atoms. The lowest BCUT2D eigenvalue weighted by Gasteiger charge is -2.14. The fourth-order valence-corrected chi connectivity index (χ4v) is 3.87. The molecule has 0 aliphatic rings. The van der Waals surface area contributed by atoms with Crippen LogP contribution >= 0.6 is 34.2 Å². The molecule has 0 saturated heterocycles. The molecule has 0 spiro atoms. The van der Waals surface area contributed by atoms with Gasteiger partial charge in [0.05, 0.1) is 5.38 Å². The highest BCUT2D eigenvalue weighted by Crippen LogP contribution is 2.31. The van der Waals surface area contributed by atoms with Gasteiger partial charge in [-0.2, -0.15) is 0 Å². The van der Waals surface area contributed by atoms with Gasteiger partial charge in [-0.15, -0.1) is 11.6 Å². The van der Waals surface area contributed by atoms with Crippen LogP contribution in [0, 0.1) is 10.5 Å². The Labute approximate surface area is 144 Å². The Balaban J connectivity index is 1.89. The van der Waals surface area contributed by atoms with Gasteiger partial charge < -0.3 is 0 Å². The molecule has 0 fully saturated rings. The van der Waals surface area contributed by atoms with Crippen molar-refractivity contribution in [3.05, 3.63) is 80.9 Å². The van der Waals surface area contributed by atoms with E-state index in [2.05, 4.69) is 90.2 Å². The maximum absolute atomic E-state index is 6.66. The predicted molar refractivity (Wildman–Crippen MR) is 100 cm³/mol. The van der Waals surface area contributed by atoms with Gasteiger partial charge in [0, 0.05) is 3.57 Å². The molecular weight excluding hydrogens is 391 g/mol. The highest BCUT2D eigenvalue weighted by atomic mass is 127. The minimum Gasteiger partial charge on any atom is -0.117 e. The summed E-state index contributed by atoms with van der Waals surface area (Å²) < 4.78 is 1.27. The fraction of sp³-hybridized carbons (Fsp3) is 0.158. The molecule has 0 N–H and O–H groups in total. The van der Waals surface area contributed by atoms with E-state index < -0.39 is 0 Å². The van der Waals surface area contributed by atoms with Crippen molar-refractivity contribution in [1.82, 2.24) is 0 Å². The zero-order chi connectivity index (χ0) is 14.8. The molecule has 0 bridgehead atoms. The second kappa shape index (κ2) is 6.37. The van der Waals surface area contributed by atoms with E-state index in [4.69, 9.17) is 11.6 Å². The highest BCUT2D eigenvalue weighted by Gasteiger charge is 2.13. The Morgan fingerprint density at radius 3 is 2.52 bits per heavy atom. The number of benzene rings is 3. The Kier molecular flexibility index (Phi) is 4.51. The first-order valence-electron chi connectivity index (χ1n) is 7.02. The summed E-state index contributed by atoms with van der Waals surface area (Å²) in [5, 5.41) is 2.56. The molecule has 0 amide bonds. The second-order valence-electron chi connectivity index (χ2n) is 5.33. The SMILES string of the molecule is Cc1cccc(C(Cl)Cc2ccc3ccccc3c2)c1I. The van der Waals surface area contributed by atoms with Gasteiger partial charge in [-0.3, -0.25) is 0 Å². The Morgan fingerprint density at radius 1 is 0.952 bits per heavy atom. The van der Waals surface area contributed by atoms with E-state index in [9.17, 15) is 0 Å². The lowest BCUT2D eigenvalue weighted by molar-refractivity contribution is 0.913. The van der Waals surface area contributed by atoms with Crippen LogP contribution in [0.15, 0.2) is 60.7 Å². The molecule has 3 rings (SSSR count). The van der Waals surface area contributed by atoms with Crippen LogP contribution in [0.4, 0.5) is 0 Å². The molecule has 0 aromatic heterocycles. The quantitative estimate of drug-likeness (QED) is 0.355. The number of alkyl halides is 1. The van der Waals surface area contributed by atoms with Crippen molar-refractivity contribution in [2.45, 2.75) is 18.7 Å². The average Bonchev–Trinajstić information content (AvgIpc) is 2.50. The number of hydrogen-bond acceptors (Lipinski definition) is 0. The standard InChI is InChI=1S/C19H16ClI/c1-13-5-4-8-17(19(13)21)18(20)12-14-9-10-15-6-2-3-7-16(15)11-14/h2-11,18H,12H2,1H3. The summed E-state index contributed by atoms with van der Waals surface area (Å²) in [6.07, 6.45) is 0.853. The molecule has 0 aliphatic heterocycles. The van der Waals surface area contributed by atoms with Crippen LogP contribution < -0.4 is 0 Å². The minimum atomic E-state index is 0.0120. The highest BCUT2D eigenvalue weighted by molar-refractivity contribution is 14.1. The van der Waals surface area contributed by atoms with E-state index in [-0.39, 0.29) is 5.38 Å². The molecular formula is C19H16ClI. The summed E-state index contributed by atoms with van der Waals surface area (Å²) in [7, 11) is 0. The van der Waals surface area contributed by atoms with Crippen LogP contribution in [0.1, 0.15) is 22.1 Å². The van der Waals surface area contributed by atoms with E-state index in [1.807, 2.05) is 0 Å². The predicted octanol–water partition coefficient (Wildman–Crippen LogP) is 6.28. The van der Waals surface area contributed by atoms with Crippen molar-refractivity contribution < 1.29 is 0 Å². The van der Waals surface area contributed by atoms with Gasteiger partial charge in [0.1, 0.15) is 0 Å². The number of halogens is 2. The molecule has 1 atom stereocenters. The van der Waals surface area contributed by atoms with E-state index in [1.54, 1.807) is 0 Å². The zero-order valence-electron chi connectivity index (χ0n) is 11.8. The summed E-state index contributed by atoms with van der Waals surface area (Å²) in [5.41, 5.74) is 3.80. The molecule has 106 valence electrons. The zero-order valence-corrected chi connectivity index (χ0v) is 14.7. The maximum atomic E-state index is 6.66. The van der Waals surface area contributed by atoms with Crippen molar-refractivity contribution in [3.8, 4) is 0 Å². The summed E-state index contributed by atoms with van der Waals surface area (Å²) in [4.78, 5) is 0. The van der Waals surface area contributed by atoms with Crippen molar-refractivity contribution >= 4 is 45.0 Å². The normalized spacial score (nSPS) is 12.5. The molecule has 0 heterocycles. The largest absolute Gasteiger partial charge is 0.117 e. The van der Waals surface area contributed by atoms with Gasteiger partial charge in [-0.25, -0.2) is 0 Å². The fourth-order valence-electron chi connectivity index (χ4n) is 2.59. The first-order chi connectivity index (χ1) is 10.1. The lowest BCUT2D eigenvalue weighted by Crippen LogP contribution is -2.00. The monoisotopic (exact) mass is 406 g/mol. The van der Waals surface area contributed by atoms with Gasteiger partial charge in [0.2, 0.25) is 0 Å². The van der Waals surface area contributed by atoms with Gasteiger partial charge in [-0.05, 0) is 63.4 Å². The number of hydrogen-bond donors (Lipinski definition) is 0. The third-order valence-corrected chi connectivity index (χ3v) is 5.65. The van der Waals surface area contributed by atoms with Crippen LogP contribution in [0.5, 0.6) is 0 Å². The Hall–Kier alpha value is -1.06. The van der Waals surface area contributed by atoms with Gasteiger partial charge >= 0.3 is 0 Å². The van der Waals surface area contributed by atoms with E-state index in [0.717, 1.165) is 6.42 Å². The van der Waals surface area contributed by atoms with Crippen molar-refractivity contribution in [2.75, 3.05) is 0 Å². The third-order valence-electron chi connectivity index (χ3n) is 3.79. The van der Waals surface area contributed by atoms with E-state index in [1.165, 1.54) is 31.0 Å². The molecule has 0 radical (unpaired) electrons. The van der Waals surface area contributed by atoms with Gasteiger partial charge in [0.25, 0.3) is 0 Å². The average molecular weight is 407 g/mol. The summed E-state index contributed by atoms with van der Waals surface area (Å²) in [6, 6.07) is 21.4. The number of aryl methyl sites for hydroxylation is 1. The summed E-state index contributed by atoms with van der Waals surface area (Å²) in [5.74, 6) is 0. The topological polar surface area (TPSA) is 0 Å². The Morgan fingerprint density at radius 2 is 1.71 bits per heavy atom. The molecule has 3 aromatic carbocycles. The molecule has 0 saturated carbocycles. The Bertz CT molecular complexity index is 779. The molecule has 1 unspecified atom stereocenters. The molecule has 3 aromatic rings. The van der Waals surface area contributed by atoms with Crippen molar-refractivity contribution in [1.29, 1.82) is 0 Å². The third kappa shape index (κ3) is 3.24. The number of rotatable bonds is 3.